The van der Waals surface area contributed by atoms with E-state index in [4.69, 9.17) is 16.6 Å². The van der Waals surface area contributed by atoms with Crippen LogP contribution in [-0.4, -0.2) is 230 Å². The summed E-state index contributed by atoms with van der Waals surface area (Å²) in [4.78, 5) is 255. The number of amides is 12. The van der Waals surface area contributed by atoms with Gasteiger partial charge in [0.2, 0.25) is 70.9 Å². The van der Waals surface area contributed by atoms with E-state index >= 15 is 19.2 Å². The topological polar surface area (TPSA) is 646 Å². The maximum Gasteiger partial charge on any atom is 0.336 e. The Morgan fingerprint density at radius 2 is 1.09 bits per heavy atom. The Hall–Kier alpha value is -15.5. The van der Waals surface area contributed by atoms with E-state index in [-0.39, 0.29) is 110 Å². The molecule has 22 N–H and O–H groups in total. The zero-order valence-corrected chi connectivity index (χ0v) is 79.8. The first-order valence-corrected chi connectivity index (χ1v) is 46.3. The van der Waals surface area contributed by atoms with Crippen LogP contribution in [0.25, 0.3) is 44.3 Å². The Morgan fingerprint density at radius 3 is 1.69 bits per heavy atom. The fourth-order valence-corrected chi connectivity index (χ4v) is 16.3. The second kappa shape index (κ2) is 50.2. The number of aromatic hydroxyl groups is 1. The lowest BCUT2D eigenvalue weighted by Gasteiger charge is -2.34. The number of hydrogen-bond acceptors (Lipinski definition) is 22. The molecule has 12 amide bonds. The number of H-pyrrole nitrogens is 1. The molecule has 2 aliphatic heterocycles. The van der Waals surface area contributed by atoms with Gasteiger partial charge in [-0.05, 0) is 181 Å². The first-order chi connectivity index (χ1) is 66.7. The standard InChI is InChI=1S/C99H119N15O26S/c1-51(2)40-69-86(127)104-68(36-37-78(118)119)91(132)114-99(9,96(139)109-72(44-58-50-100-67-29-21-20-28-62(58)67)87(128)106-70(42-56-24-16-14-17-25-56)85(126)101-53(5)83(124)108-75(94(136)137)41-52(3)4)39-23-13-11-10-12-22-38-98(8,95(138)110-73(48-79(120)121)88(129)105-69)113-84(125)54(6)102-92(133)82(55(7)115)112-90(131)71(43-57-26-18-15-19-27-57)107-89(130)74(49-80(122)123)111-97(141)103-59-30-33-63(66(45-59)93(134)135)81-64-34-31-60(116)46-76(64)140-77-47-61(117)32-35-65(77)81/h10-11,14-21,24-35,45-47,50-55,68-75,82,100,115-116H,12-13,22-23,36-44,48-49H2,1-9H3,(H,101,126)(H,102,133)(H,104,127)(H,105,129)(H,106,128)(H,107,130)(H,108,124)(H,109,139)(H,110,138)(H,112,131)(H,113,125)(H,114,132)(H,118,119)(H,120,121)(H,122,123)(H,134,135)(H,136,137)(H2,103,111,141)/b11-10-/t53-,54-,55+,68-,69-,70-,71-,72-,73-,74-,75-,82-,98+,99+/m0/s1. The number of fused-ring (bicyclic) bond motifs is 3. The molecule has 1 aliphatic carbocycles. The number of thiocarbonyl (C=S) groups is 1. The molecule has 5 aromatic carbocycles. The summed E-state index contributed by atoms with van der Waals surface area (Å²) in [6.45, 7) is 12.9. The molecule has 0 saturated carbocycles. The van der Waals surface area contributed by atoms with Gasteiger partial charge in [0.05, 0.1) is 24.5 Å². The van der Waals surface area contributed by atoms with Crippen molar-refractivity contribution in [1.29, 1.82) is 0 Å². The van der Waals surface area contributed by atoms with Gasteiger partial charge >= 0.3 is 29.8 Å². The van der Waals surface area contributed by atoms with Gasteiger partial charge in [0.15, 0.2) is 10.5 Å². The molecule has 42 heteroatoms. The van der Waals surface area contributed by atoms with E-state index in [2.05, 4.69) is 79.4 Å². The van der Waals surface area contributed by atoms with E-state index in [0.717, 1.165) is 13.8 Å². The molecule has 3 heterocycles. The summed E-state index contributed by atoms with van der Waals surface area (Å²) in [6.07, 6.45) is -1.66. The fraction of sp³-hybridized carbons (Fsp3) is 0.404. The number of phenols is 1. The van der Waals surface area contributed by atoms with Crippen molar-refractivity contribution in [2.24, 2.45) is 11.8 Å². The lowest BCUT2D eigenvalue weighted by atomic mass is 9.90. The molecule has 14 atom stereocenters. The summed E-state index contributed by atoms with van der Waals surface area (Å²) in [5, 5.41) is 109. The summed E-state index contributed by atoms with van der Waals surface area (Å²) in [5.74, 6) is -21.1. The van der Waals surface area contributed by atoms with Crippen LogP contribution < -0.4 is 79.9 Å². The van der Waals surface area contributed by atoms with Crippen molar-refractivity contribution in [3.05, 3.63) is 190 Å². The number of aromatic amines is 1. The number of aliphatic hydroxyl groups excluding tert-OH is 1. The Kier molecular flexibility index (Phi) is 38.9. The predicted molar refractivity (Wildman–Crippen MR) is 519 cm³/mol. The van der Waals surface area contributed by atoms with Gasteiger partial charge < -0.3 is 120 Å². The Labute approximate surface area is 815 Å². The number of carboxylic acid groups (broad SMARTS) is 5. The van der Waals surface area contributed by atoms with Crippen molar-refractivity contribution in [1.82, 2.24) is 74.1 Å². The monoisotopic (exact) mass is 1970 g/mol. The average molecular weight is 1970 g/mol. The highest BCUT2D eigenvalue weighted by atomic mass is 32.1. The third-order valence-corrected chi connectivity index (χ3v) is 23.8. The largest absolute Gasteiger partial charge is 0.508 e. The molecular formula is C99H119N15O26S. The minimum atomic E-state index is -2.15. The molecular weight excluding hydrogens is 1850 g/mol. The third kappa shape index (κ3) is 31.5. The summed E-state index contributed by atoms with van der Waals surface area (Å²) in [6, 6.07) is 17.1. The number of aromatic carboxylic acids is 1. The molecule has 0 spiro atoms. The van der Waals surface area contributed by atoms with E-state index < -0.39 is 227 Å². The van der Waals surface area contributed by atoms with Crippen LogP contribution in [0.4, 0.5) is 5.69 Å². The van der Waals surface area contributed by atoms with Gasteiger partial charge in [-0.1, -0.05) is 125 Å². The first kappa shape index (κ1) is 109. The van der Waals surface area contributed by atoms with Crippen LogP contribution in [0.3, 0.4) is 0 Å². The molecule has 0 fully saturated rings. The first-order valence-electron chi connectivity index (χ1n) is 45.9. The van der Waals surface area contributed by atoms with Crippen molar-refractivity contribution in [3.8, 4) is 28.2 Å². The lowest BCUT2D eigenvalue weighted by molar-refractivity contribution is -0.143. The number of carbonyl (C=O) groups is 17. The van der Waals surface area contributed by atoms with Gasteiger partial charge in [0.1, 0.15) is 94.6 Å². The maximum absolute atomic E-state index is 15.6. The second-order valence-corrected chi connectivity index (χ2v) is 36.6. The van der Waals surface area contributed by atoms with Crippen LogP contribution in [0.5, 0.6) is 5.75 Å². The second-order valence-electron chi connectivity index (χ2n) is 36.1. The van der Waals surface area contributed by atoms with Crippen molar-refractivity contribution in [3.63, 3.8) is 0 Å². The highest BCUT2D eigenvalue weighted by Gasteiger charge is 2.44. The van der Waals surface area contributed by atoms with Gasteiger partial charge in [-0.2, -0.15) is 0 Å². The van der Waals surface area contributed by atoms with E-state index in [1.165, 1.54) is 75.4 Å². The van der Waals surface area contributed by atoms with Gasteiger partial charge in [-0.15, -0.1) is 0 Å². The number of allylic oxidation sites excluding steroid dienone is 2. The van der Waals surface area contributed by atoms with Crippen molar-refractivity contribution in [2.45, 2.75) is 242 Å². The summed E-state index contributed by atoms with van der Waals surface area (Å²) in [5.41, 5.74) is -1.97. The smallest absolute Gasteiger partial charge is 0.336 e. The van der Waals surface area contributed by atoms with Crippen LogP contribution >= 0.6 is 12.2 Å². The average Bonchev–Trinajstić information content (AvgIpc) is 1.01. The number of aliphatic carboxylic acids is 4. The van der Waals surface area contributed by atoms with Crippen LogP contribution in [0.2, 0.25) is 0 Å². The SMILES string of the molecule is CC(C)C[C@H](NC(=O)[C@H](C)NC(=O)[C@H](Cc1ccccc1)NC(=O)[C@H](Cc1c[nH]c2ccccc12)NC(=O)[C@@]1(C)CCC/C=C\CCC[C@@](C)(NC(=O)[C@H](C)NC(=O)[C@@H](NC(=O)[C@H](Cc2ccccc2)NC(=O)[C@H](CC(=O)O)NC(=S)Nc2ccc(-c3c4ccc(=O)cc-4oc4cc(O)ccc34)c(C(=O)O)c2)[C@@H](C)O)C(=O)N[C@@H](CC(=O)O)C(=O)N[C@@H](CC(C)C)C(=O)N[C@@H](CCC(=O)O)C(=O)N1)C(=O)O. The van der Waals surface area contributed by atoms with Crippen LogP contribution in [-0.2, 0) is 96.0 Å². The molecule has 9 rings (SSSR count). The van der Waals surface area contributed by atoms with E-state index in [1.54, 1.807) is 131 Å². The number of para-hydroxylation sites is 1. The molecule has 0 bridgehead atoms. The van der Waals surface area contributed by atoms with Gasteiger partial charge in [-0.25, -0.2) is 9.59 Å². The van der Waals surface area contributed by atoms with Crippen LogP contribution in [0.15, 0.2) is 167 Å². The molecule has 1 aromatic heterocycles. The predicted octanol–water partition coefficient (Wildman–Crippen LogP) is 4.75. The molecule has 41 nitrogen and oxygen atoms in total. The number of benzene rings is 6. The molecule has 6 aromatic rings. The highest BCUT2D eigenvalue weighted by molar-refractivity contribution is 7.80. The molecule has 0 unspecified atom stereocenters. The van der Waals surface area contributed by atoms with Gasteiger partial charge in [0, 0.05) is 77.1 Å². The fourth-order valence-electron chi connectivity index (χ4n) is 16.1. The Balaban J connectivity index is 0.947. The van der Waals surface area contributed by atoms with E-state index in [9.17, 15) is 103 Å². The molecule has 0 saturated heterocycles. The number of anilines is 1. The zero-order valence-electron chi connectivity index (χ0n) is 79.0. The van der Waals surface area contributed by atoms with E-state index in [0.29, 0.717) is 44.1 Å². The van der Waals surface area contributed by atoms with Crippen molar-refractivity contribution < 1.29 is 122 Å². The number of rotatable bonds is 39. The summed E-state index contributed by atoms with van der Waals surface area (Å²) < 4.78 is 5.93. The van der Waals surface area contributed by atoms with Crippen molar-refractivity contribution in [2.75, 3.05) is 5.32 Å². The Bertz CT molecular complexity index is 6030. The van der Waals surface area contributed by atoms with Crippen LogP contribution in [0.1, 0.15) is 166 Å². The number of carboxylic acids is 5. The van der Waals surface area contributed by atoms with Gasteiger partial charge in [-0.3, -0.25) is 76.7 Å². The summed E-state index contributed by atoms with van der Waals surface area (Å²) >= 11 is 5.55. The molecule has 141 heavy (non-hydrogen) atoms. The minimum absolute atomic E-state index is 0.0123. The maximum atomic E-state index is 15.6. The molecule has 3 aliphatic rings. The normalized spacial score (nSPS) is 18.9. The zero-order chi connectivity index (χ0) is 103. The number of nitrogens with one attached hydrogen (secondary N) is 15. The van der Waals surface area contributed by atoms with Crippen molar-refractivity contribution >= 4 is 146 Å². The number of aromatic nitrogens is 1. The molecule has 0 radical (unpaired) electrons. The minimum Gasteiger partial charge on any atom is -0.508 e. The highest BCUT2D eigenvalue weighted by Crippen LogP contribution is 2.43. The quantitative estimate of drug-likeness (QED) is 0.0140. The third-order valence-electron chi connectivity index (χ3n) is 23.6. The van der Waals surface area contributed by atoms with E-state index in [1.807, 2.05) is 0 Å². The lowest BCUT2D eigenvalue weighted by Crippen LogP contribution is -2.65. The number of hydrogen-bond donors (Lipinski definition) is 22. The Morgan fingerprint density at radius 1 is 0.518 bits per heavy atom. The number of aliphatic hydroxyl groups is 1. The summed E-state index contributed by atoms with van der Waals surface area (Å²) in [7, 11) is 0. The molecule has 752 valence electrons. The number of phenolic OH excluding ortho intramolecular Hbond substituents is 1. The number of carbonyl (C=O) groups excluding carboxylic acids is 12. The van der Waals surface area contributed by atoms with Crippen LogP contribution in [0, 0.1) is 11.8 Å². The van der Waals surface area contributed by atoms with Gasteiger partial charge in [0.25, 0.3) is 0 Å².